The summed E-state index contributed by atoms with van der Waals surface area (Å²) in [7, 11) is 0. The Morgan fingerprint density at radius 2 is 2.06 bits per heavy atom. The molecule has 2 heterocycles. The van der Waals surface area contributed by atoms with E-state index in [2.05, 4.69) is 17.1 Å². The Hall–Kier alpha value is 0.170. The molecule has 3 rings (SSSR count). The minimum Gasteiger partial charge on any atom is -0.359 e. The highest BCUT2D eigenvalue weighted by Crippen LogP contribution is 2.36. The summed E-state index contributed by atoms with van der Waals surface area (Å²) in [6, 6.07) is 0.586. The van der Waals surface area contributed by atoms with Crippen molar-refractivity contribution in [3.63, 3.8) is 0 Å². The van der Waals surface area contributed by atoms with E-state index in [1.165, 1.54) is 67.4 Å². The summed E-state index contributed by atoms with van der Waals surface area (Å²) >= 11 is 4.04. The van der Waals surface area contributed by atoms with Crippen LogP contribution in [0.15, 0.2) is 4.99 Å². The van der Waals surface area contributed by atoms with E-state index in [-0.39, 0.29) is 0 Å². The second kappa shape index (κ2) is 5.43. The molecule has 1 spiro atoms. The number of hydrogen-bond acceptors (Lipinski definition) is 3. The summed E-state index contributed by atoms with van der Waals surface area (Å²) in [5.74, 6) is 3.83. The molecule has 0 aromatic rings. The van der Waals surface area contributed by atoms with Crippen LogP contribution in [0.2, 0.25) is 0 Å². The minimum absolute atomic E-state index is 0.420. The van der Waals surface area contributed by atoms with Crippen molar-refractivity contribution in [1.29, 1.82) is 0 Å². The molecule has 2 nitrogen and oxygen atoms in total. The van der Waals surface area contributed by atoms with Gasteiger partial charge in [-0.15, -0.1) is 0 Å². The van der Waals surface area contributed by atoms with E-state index in [1.54, 1.807) is 0 Å². The molecular weight excluding hydrogens is 248 g/mol. The standard InChI is InChI=1S/C13H22N2S2/c1-2-6-13(7-3-1)10-17-12(15-13)14-11-5-4-8-16-9-11/h11H,1-10H2,(H,14,15). The van der Waals surface area contributed by atoms with E-state index >= 15 is 0 Å². The quantitative estimate of drug-likeness (QED) is 0.791. The van der Waals surface area contributed by atoms with Gasteiger partial charge in [-0.2, -0.15) is 11.8 Å². The molecule has 1 atom stereocenters. The average Bonchev–Trinajstić information content (AvgIpc) is 2.74. The zero-order valence-electron chi connectivity index (χ0n) is 10.4. The lowest BCUT2D eigenvalue weighted by molar-refractivity contribution is 0.303. The molecule has 96 valence electrons. The number of nitrogens with zero attached hydrogens (tertiary/aromatic N) is 1. The fourth-order valence-electron chi connectivity index (χ4n) is 3.06. The SMILES string of the molecule is C1CCC2(CC1)CSC(=NC1CCCSC1)N2. The second-order valence-electron chi connectivity index (χ2n) is 5.56. The Morgan fingerprint density at radius 1 is 1.18 bits per heavy atom. The summed E-state index contributed by atoms with van der Waals surface area (Å²) in [6.07, 6.45) is 9.60. The third kappa shape index (κ3) is 2.95. The Kier molecular flexibility index (Phi) is 3.90. The van der Waals surface area contributed by atoms with Crippen LogP contribution in [0.4, 0.5) is 0 Å². The van der Waals surface area contributed by atoms with Crippen LogP contribution < -0.4 is 5.32 Å². The largest absolute Gasteiger partial charge is 0.359 e. The normalized spacial score (nSPS) is 35.1. The van der Waals surface area contributed by atoms with Gasteiger partial charge < -0.3 is 5.32 Å². The summed E-state index contributed by atoms with van der Waals surface area (Å²) in [5.41, 5.74) is 0.420. The maximum Gasteiger partial charge on any atom is 0.157 e. The number of aliphatic imine (C=N–C) groups is 1. The van der Waals surface area contributed by atoms with Gasteiger partial charge in [0.15, 0.2) is 5.17 Å². The molecule has 0 amide bonds. The van der Waals surface area contributed by atoms with Crippen molar-refractivity contribution in [3.05, 3.63) is 0 Å². The predicted molar refractivity (Wildman–Crippen MR) is 79.2 cm³/mol. The van der Waals surface area contributed by atoms with E-state index < -0.39 is 0 Å². The van der Waals surface area contributed by atoms with Gasteiger partial charge in [-0.25, -0.2) is 0 Å². The Morgan fingerprint density at radius 3 is 2.82 bits per heavy atom. The van der Waals surface area contributed by atoms with Crippen LogP contribution in [0.3, 0.4) is 0 Å². The fourth-order valence-corrected chi connectivity index (χ4v) is 5.40. The second-order valence-corrected chi connectivity index (χ2v) is 7.67. The van der Waals surface area contributed by atoms with E-state index in [1.807, 2.05) is 11.8 Å². The molecule has 2 aliphatic heterocycles. The number of hydrogen-bond donors (Lipinski definition) is 1. The molecule has 1 unspecified atom stereocenters. The van der Waals surface area contributed by atoms with Gasteiger partial charge in [0.2, 0.25) is 0 Å². The first-order chi connectivity index (χ1) is 8.36. The molecule has 0 aromatic carbocycles. The van der Waals surface area contributed by atoms with Crippen LogP contribution in [0, 0.1) is 0 Å². The van der Waals surface area contributed by atoms with Crippen molar-refractivity contribution >= 4 is 28.7 Å². The first kappa shape index (κ1) is 12.2. The molecule has 0 aromatic heterocycles. The monoisotopic (exact) mass is 270 g/mol. The highest BCUT2D eigenvalue weighted by Gasteiger charge is 2.38. The van der Waals surface area contributed by atoms with Crippen LogP contribution >= 0.6 is 23.5 Å². The van der Waals surface area contributed by atoms with Gasteiger partial charge in [-0.3, -0.25) is 4.99 Å². The molecule has 0 radical (unpaired) electrons. The lowest BCUT2D eigenvalue weighted by atomic mass is 9.83. The van der Waals surface area contributed by atoms with Gasteiger partial charge in [-0.05, 0) is 31.4 Å². The number of thioether (sulfide) groups is 2. The van der Waals surface area contributed by atoms with Gasteiger partial charge in [0, 0.05) is 17.0 Å². The maximum atomic E-state index is 4.93. The Labute approximate surface area is 113 Å². The van der Waals surface area contributed by atoms with Gasteiger partial charge >= 0.3 is 0 Å². The lowest BCUT2D eigenvalue weighted by Gasteiger charge is -2.32. The summed E-state index contributed by atoms with van der Waals surface area (Å²) in [6.45, 7) is 0. The third-order valence-corrected chi connectivity index (χ3v) is 6.48. The molecule has 2 saturated heterocycles. The molecule has 4 heteroatoms. The molecule has 1 aliphatic carbocycles. The first-order valence-corrected chi connectivity index (χ1v) is 9.07. The van der Waals surface area contributed by atoms with E-state index in [0.717, 1.165) is 0 Å². The number of amidine groups is 1. The van der Waals surface area contributed by atoms with Crippen LogP contribution in [-0.2, 0) is 0 Å². The maximum absolute atomic E-state index is 4.93. The molecule has 17 heavy (non-hydrogen) atoms. The zero-order chi connectivity index (χ0) is 11.6. The molecule has 3 fully saturated rings. The van der Waals surface area contributed by atoms with Crippen LogP contribution in [-0.4, -0.2) is 34.0 Å². The molecule has 1 N–H and O–H groups in total. The van der Waals surface area contributed by atoms with Gasteiger partial charge in [-0.1, -0.05) is 31.0 Å². The van der Waals surface area contributed by atoms with E-state index in [4.69, 9.17) is 4.99 Å². The van der Waals surface area contributed by atoms with Crippen LogP contribution in [0.25, 0.3) is 0 Å². The topological polar surface area (TPSA) is 24.4 Å². The molecule has 3 aliphatic rings. The number of rotatable bonds is 1. The molecule has 1 saturated carbocycles. The van der Waals surface area contributed by atoms with Crippen molar-refractivity contribution in [2.24, 2.45) is 4.99 Å². The zero-order valence-corrected chi connectivity index (χ0v) is 12.0. The summed E-state index contributed by atoms with van der Waals surface area (Å²) < 4.78 is 0. The summed E-state index contributed by atoms with van der Waals surface area (Å²) in [5, 5.41) is 5.01. The van der Waals surface area contributed by atoms with Crippen molar-refractivity contribution in [2.75, 3.05) is 17.3 Å². The highest BCUT2D eigenvalue weighted by atomic mass is 32.2. The first-order valence-electron chi connectivity index (χ1n) is 6.93. The van der Waals surface area contributed by atoms with E-state index in [0.29, 0.717) is 11.6 Å². The van der Waals surface area contributed by atoms with Crippen molar-refractivity contribution < 1.29 is 0 Å². The van der Waals surface area contributed by atoms with Crippen molar-refractivity contribution in [2.45, 2.75) is 56.5 Å². The van der Waals surface area contributed by atoms with Gasteiger partial charge in [0.25, 0.3) is 0 Å². The van der Waals surface area contributed by atoms with Gasteiger partial charge in [0.1, 0.15) is 0 Å². The molecule has 0 bridgehead atoms. The highest BCUT2D eigenvalue weighted by molar-refractivity contribution is 8.14. The Balaban J connectivity index is 1.60. The van der Waals surface area contributed by atoms with Crippen LogP contribution in [0.1, 0.15) is 44.9 Å². The predicted octanol–water partition coefficient (Wildman–Crippen LogP) is 3.28. The number of nitrogens with one attached hydrogen (secondary N) is 1. The minimum atomic E-state index is 0.420. The summed E-state index contributed by atoms with van der Waals surface area (Å²) in [4.78, 5) is 4.93. The smallest absolute Gasteiger partial charge is 0.157 e. The third-order valence-electron chi connectivity index (χ3n) is 4.10. The molecular formula is C13H22N2S2. The van der Waals surface area contributed by atoms with Crippen molar-refractivity contribution in [1.82, 2.24) is 5.32 Å². The van der Waals surface area contributed by atoms with Gasteiger partial charge in [0.05, 0.1) is 6.04 Å². The van der Waals surface area contributed by atoms with Crippen LogP contribution in [0.5, 0.6) is 0 Å². The fraction of sp³-hybridized carbons (Fsp3) is 0.923. The Bertz CT molecular complexity index is 292. The van der Waals surface area contributed by atoms with E-state index in [9.17, 15) is 0 Å². The van der Waals surface area contributed by atoms with Crippen molar-refractivity contribution in [3.8, 4) is 0 Å². The average molecular weight is 270 g/mol. The lowest BCUT2D eigenvalue weighted by Crippen LogP contribution is -2.45.